The largest absolute Gasteiger partial charge is 0.366 e. The Balaban J connectivity index is 1.42. The maximum Gasteiger partial charge on any atom is 0.171 e. The SMILES string of the molecule is Brc1cnn2c(NCc3ccc4nc[nH]c4c3)c3c(nc12)C1(CCNCC1)CC3. The Bertz CT molecular complexity index is 1220. The number of benzene rings is 1. The van der Waals surface area contributed by atoms with Gasteiger partial charge in [-0.1, -0.05) is 6.07 Å². The molecular formula is C21H22BrN7. The van der Waals surface area contributed by atoms with E-state index < -0.39 is 0 Å². The molecule has 4 aromatic rings. The van der Waals surface area contributed by atoms with Crippen molar-refractivity contribution in [3.63, 3.8) is 0 Å². The van der Waals surface area contributed by atoms with Gasteiger partial charge in [0.05, 0.1) is 33.7 Å². The predicted molar refractivity (Wildman–Crippen MR) is 116 cm³/mol. The van der Waals surface area contributed by atoms with Crippen LogP contribution in [0.25, 0.3) is 16.7 Å². The first-order valence-corrected chi connectivity index (χ1v) is 11.0. The number of aromatic nitrogens is 5. The number of nitrogens with zero attached hydrogens (tertiary/aromatic N) is 4. The zero-order valence-corrected chi connectivity index (χ0v) is 17.6. The lowest BCUT2D eigenvalue weighted by Crippen LogP contribution is -2.39. The number of halogens is 1. The fourth-order valence-electron chi connectivity index (χ4n) is 5.01. The van der Waals surface area contributed by atoms with E-state index in [9.17, 15) is 0 Å². The number of hydrogen-bond acceptors (Lipinski definition) is 5. The standard InChI is InChI=1S/C21H22BrN7/c22-15-11-27-29-19(24-10-13-1-2-16-17(9-13)26-12-25-16)14-3-4-21(5-7-23-8-6-21)18(14)28-20(15)29/h1-2,9,11-12,23-24H,3-8,10H2,(H,25,26). The molecule has 0 saturated carbocycles. The molecule has 1 spiro atoms. The predicted octanol–water partition coefficient (Wildman–Crippen LogP) is 3.55. The van der Waals surface area contributed by atoms with E-state index in [1.54, 1.807) is 6.33 Å². The van der Waals surface area contributed by atoms with E-state index in [-0.39, 0.29) is 5.41 Å². The Morgan fingerprint density at radius 3 is 3.00 bits per heavy atom. The van der Waals surface area contributed by atoms with Gasteiger partial charge in [0.1, 0.15) is 5.82 Å². The van der Waals surface area contributed by atoms with Crippen molar-refractivity contribution >= 4 is 38.4 Å². The highest BCUT2D eigenvalue weighted by Crippen LogP contribution is 2.46. The number of aromatic amines is 1. The second-order valence-electron chi connectivity index (χ2n) is 8.15. The summed E-state index contributed by atoms with van der Waals surface area (Å²) >= 11 is 3.64. The number of rotatable bonds is 3. The highest BCUT2D eigenvalue weighted by molar-refractivity contribution is 9.10. The van der Waals surface area contributed by atoms with Crippen LogP contribution in [0, 0.1) is 0 Å². The molecule has 1 aliphatic heterocycles. The molecule has 0 atom stereocenters. The van der Waals surface area contributed by atoms with E-state index in [4.69, 9.17) is 4.98 Å². The third kappa shape index (κ3) is 2.69. The second-order valence-corrected chi connectivity index (χ2v) is 9.01. The third-order valence-corrected chi connectivity index (χ3v) is 7.12. The molecule has 148 valence electrons. The molecule has 4 heterocycles. The summed E-state index contributed by atoms with van der Waals surface area (Å²) in [6, 6.07) is 6.34. The molecule has 0 radical (unpaired) electrons. The Hall–Kier alpha value is -2.45. The summed E-state index contributed by atoms with van der Waals surface area (Å²) in [6.45, 7) is 2.87. The van der Waals surface area contributed by atoms with Gasteiger partial charge in [0.15, 0.2) is 5.65 Å². The van der Waals surface area contributed by atoms with Gasteiger partial charge in [0.2, 0.25) is 0 Å². The maximum absolute atomic E-state index is 5.11. The van der Waals surface area contributed by atoms with E-state index in [1.165, 1.54) is 23.2 Å². The van der Waals surface area contributed by atoms with E-state index in [1.807, 2.05) is 10.7 Å². The minimum atomic E-state index is 0.206. The van der Waals surface area contributed by atoms with Crippen molar-refractivity contribution in [1.82, 2.24) is 29.9 Å². The van der Waals surface area contributed by atoms with Gasteiger partial charge >= 0.3 is 0 Å². The molecule has 1 aromatic carbocycles. The Kier molecular flexibility index (Phi) is 3.92. The lowest BCUT2D eigenvalue weighted by Gasteiger charge is -2.34. The van der Waals surface area contributed by atoms with Crippen LogP contribution in [0.5, 0.6) is 0 Å². The Morgan fingerprint density at radius 2 is 2.10 bits per heavy atom. The highest BCUT2D eigenvalue weighted by Gasteiger charge is 2.43. The van der Waals surface area contributed by atoms with Gasteiger partial charge in [-0.25, -0.2) is 9.97 Å². The summed E-state index contributed by atoms with van der Waals surface area (Å²) in [5.41, 5.74) is 6.97. The van der Waals surface area contributed by atoms with Crippen LogP contribution in [0.3, 0.4) is 0 Å². The second kappa shape index (κ2) is 6.53. The van der Waals surface area contributed by atoms with Crippen LogP contribution in [0.2, 0.25) is 0 Å². The van der Waals surface area contributed by atoms with Crippen LogP contribution in [0.4, 0.5) is 5.82 Å². The van der Waals surface area contributed by atoms with Crippen molar-refractivity contribution in [2.24, 2.45) is 0 Å². The highest BCUT2D eigenvalue weighted by atomic mass is 79.9. The zero-order valence-electron chi connectivity index (χ0n) is 16.0. The monoisotopic (exact) mass is 451 g/mol. The average molecular weight is 452 g/mol. The molecule has 7 nitrogen and oxygen atoms in total. The van der Waals surface area contributed by atoms with Crippen LogP contribution in [-0.4, -0.2) is 37.7 Å². The van der Waals surface area contributed by atoms with Gasteiger partial charge in [0.25, 0.3) is 0 Å². The summed E-state index contributed by atoms with van der Waals surface area (Å²) in [7, 11) is 0. The summed E-state index contributed by atoms with van der Waals surface area (Å²) in [5, 5.41) is 11.8. The molecule has 0 amide bonds. The Labute approximate surface area is 176 Å². The number of piperidine rings is 1. The molecule has 3 N–H and O–H groups in total. The fourth-order valence-corrected chi connectivity index (χ4v) is 5.36. The molecular weight excluding hydrogens is 430 g/mol. The molecule has 1 fully saturated rings. The topological polar surface area (TPSA) is 82.9 Å². The maximum atomic E-state index is 5.11. The minimum absolute atomic E-state index is 0.206. The normalized spacial score (nSPS) is 18.0. The van der Waals surface area contributed by atoms with Crippen molar-refractivity contribution in [2.45, 2.75) is 37.6 Å². The molecule has 2 aliphatic rings. The number of anilines is 1. The van der Waals surface area contributed by atoms with E-state index in [0.29, 0.717) is 0 Å². The number of H-pyrrole nitrogens is 1. The number of fused-ring (bicyclic) bond motifs is 4. The molecule has 6 rings (SSSR count). The van der Waals surface area contributed by atoms with Gasteiger partial charge < -0.3 is 15.6 Å². The van der Waals surface area contributed by atoms with Crippen molar-refractivity contribution in [1.29, 1.82) is 0 Å². The molecule has 0 unspecified atom stereocenters. The molecule has 29 heavy (non-hydrogen) atoms. The first-order valence-electron chi connectivity index (χ1n) is 10.2. The molecule has 3 aromatic heterocycles. The molecule has 1 saturated heterocycles. The van der Waals surface area contributed by atoms with E-state index in [2.05, 4.69) is 59.8 Å². The van der Waals surface area contributed by atoms with Crippen LogP contribution in [0.15, 0.2) is 35.2 Å². The number of imidazole rings is 1. The Morgan fingerprint density at radius 1 is 1.21 bits per heavy atom. The molecule has 8 heteroatoms. The summed E-state index contributed by atoms with van der Waals surface area (Å²) in [5.74, 6) is 1.08. The minimum Gasteiger partial charge on any atom is -0.366 e. The first-order chi connectivity index (χ1) is 14.2. The van der Waals surface area contributed by atoms with Gasteiger partial charge in [0, 0.05) is 17.5 Å². The molecule has 1 aliphatic carbocycles. The van der Waals surface area contributed by atoms with E-state index >= 15 is 0 Å². The average Bonchev–Trinajstić information content (AvgIpc) is 3.45. The van der Waals surface area contributed by atoms with Gasteiger partial charge in [-0.15, -0.1) is 0 Å². The van der Waals surface area contributed by atoms with Crippen molar-refractivity contribution in [2.75, 3.05) is 18.4 Å². The zero-order chi connectivity index (χ0) is 19.4. The van der Waals surface area contributed by atoms with Crippen molar-refractivity contribution < 1.29 is 0 Å². The van der Waals surface area contributed by atoms with Crippen molar-refractivity contribution in [3.8, 4) is 0 Å². The summed E-state index contributed by atoms with van der Waals surface area (Å²) in [6.07, 6.45) is 8.12. The first kappa shape index (κ1) is 17.4. The van der Waals surface area contributed by atoms with E-state index in [0.717, 1.165) is 65.9 Å². The van der Waals surface area contributed by atoms with Gasteiger partial charge in [-0.05, 0) is 72.4 Å². The molecule has 0 bridgehead atoms. The van der Waals surface area contributed by atoms with Crippen LogP contribution in [-0.2, 0) is 18.4 Å². The fraction of sp³-hybridized carbons (Fsp3) is 0.381. The van der Waals surface area contributed by atoms with Crippen LogP contribution < -0.4 is 10.6 Å². The third-order valence-electron chi connectivity index (χ3n) is 6.56. The number of hydrogen-bond donors (Lipinski definition) is 3. The quantitative estimate of drug-likeness (QED) is 0.443. The van der Waals surface area contributed by atoms with Gasteiger partial charge in [-0.2, -0.15) is 9.61 Å². The smallest absolute Gasteiger partial charge is 0.171 e. The van der Waals surface area contributed by atoms with Crippen LogP contribution in [0.1, 0.15) is 36.1 Å². The summed E-state index contributed by atoms with van der Waals surface area (Å²) in [4.78, 5) is 12.6. The van der Waals surface area contributed by atoms with Gasteiger partial charge in [-0.3, -0.25) is 0 Å². The summed E-state index contributed by atoms with van der Waals surface area (Å²) < 4.78 is 2.90. The van der Waals surface area contributed by atoms with Crippen molar-refractivity contribution in [3.05, 3.63) is 52.0 Å². The lowest BCUT2D eigenvalue weighted by atomic mass is 9.77. The number of nitrogens with one attached hydrogen (secondary N) is 3. The lowest BCUT2D eigenvalue weighted by molar-refractivity contribution is 0.301. The van der Waals surface area contributed by atoms with Crippen LogP contribution >= 0.6 is 15.9 Å².